The second-order valence-electron chi connectivity index (χ2n) is 13.6. The summed E-state index contributed by atoms with van der Waals surface area (Å²) in [5.74, 6) is 1.28. The molecular formula is C36H50Cl2N4O3. The van der Waals surface area contributed by atoms with Crippen molar-refractivity contribution >= 4 is 45.8 Å². The van der Waals surface area contributed by atoms with E-state index >= 15 is 0 Å². The molecule has 9 heteroatoms. The molecule has 246 valence electrons. The SMILES string of the molecule is CC(C)CC(C)N(C(=O)n1c(=O)ccc2ccc(OCCCCN3CCN(c4cccc(Cl)c4Cl)CC3)cc21)C(C)(C)C(C)C. The first-order valence-corrected chi connectivity index (χ1v) is 17.1. The van der Waals surface area contributed by atoms with Gasteiger partial charge in [-0.15, -0.1) is 0 Å². The molecule has 7 nitrogen and oxygen atoms in total. The van der Waals surface area contributed by atoms with Crippen LogP contribution < -0.4 is 15.2 Å². The van der Waals surface area contributed by atoms with Gasteiger partial charge in [0.1, 0.15) is 5.75 Å². The molecule has 1 aromatic heterocycles. The van der Waals surface area contributed by atoms with Crippen LogP contribution in [0.3, 0.4) is 0 Å². The summed E-state index contributed by atoms with van der Waals surface area (Å²) in [5, 5.41) is 2.04. The summed E-state index contributed by atoms with van der Waals surface area (Å²) in [6.45, 7) is 20.2. The number of anilines is 1. The molecule has 1 unspecified atom stereocenters. The van der Waals surface area contributed by atoms with Gasteiger partial charge < -0.3 is 14.5 Å². The molecule has 1 saturated heterocycles. The maximum atomic E-state index is 14.3. The molecular weight excluding hydrogens is 607 g/mol. The molecule has 0 aliphatic carbocycles. The van der Waals surface area contributed by atoms with Crippen molar-refractivity contribution in [1.29, 1.82) is 0 Å². The Balaban J connectivity index is 1.39. The molecule has 1 atom stereocenters. The van der Waals surface area contributed by atoms with E-state index in [1.165, 1.54) is 10.6 Å². The summed E-state index contributed by atoms with van der Waals surface area (Å²) < 4.78 is 7.48. The minimum absolute atomic E-state index is 0.0332. The molecule has 2 heterocycles. The van der Waals surface area contributed by atoms with Crippen molar-refractivity contribution in [3.8, 4) is 5.75 Å². The highest BCUT2D eigenvalue weighted by molar-refractivity contribution is 6.43. The lowest BCUT2D eigenvalue weighted by Crippen LogP contribution is -2.57. The number of carbonyl (C=O) groups is 1. The summed E-state index contributed by atoms with van der Waals surface area (Å²) in [6.07, 6.45) is 2.77. The van der Waals surface area contributed by atoms with Crippen LogP contribution in [0.5, 0.6) is 5.75 Å². The molecule has 1 aliphatic rings. The fourth-order valence-electron chi connectivity index (χ4n) is 6.25. The number of unbranched alkanes of at least 4 members (excludes halogenated alkanes) is 1. The number of benzene rings is 2. The Bertz CT molecular complexity index is 1510. The highest BCUT2D eigenvalue weighted by atomic mass is 35.5. The predicted molar refractivity (Wildman–Crippen MR) is 189 cm³/mol. The Hall–Kier alpha value is -2.74. The number of halogens is 2. The first-order chi connectivity index (χ1) is 21.3. The van der Waals surface area contributed by atoms with E-state index in [1.54, 1.807) is 6.07 Å². The third-order valence-electron chi connectivity index (χ3n) is 9.33. The molecule has 0 radical (unpaired) electrons. The summed E-state index contributed by atoms with van der Waals surface area (Å²) in [4.78, 5) is 34.2. The summed E-state index contributed by atoms with van der Waals surface area (Å²) in [5.41, 5.74) is 0.796. The number of hydrogen-bond donors (Lipinski definition) is 0. The average Bonchev–Trinajstić information content (AvgIpc) is 2.98. The maximum Gasteiger partial charge on any atom is 0.332 e. The lowest BCUT2D eigenvalue weighted by atomic mass is 9.86. The van der Waals surface area contributed by atoms with Crippen LogP contribution in [0.25, 0.3) is 10.9 Å². The Kier molecular flexibility index (Phi) is 11.9. The third-order valence-corrected chi connectivity index (χ3v) is 10.1. The molecule has 4 rings (SSSR count). The largest absolute Gasteiger partial charge is 0.494 e. The Morgan fingerprint density at radius 2 is 1.64 bits per heavy atom. The van der Waals surface area contributed by atoms with Gasteiger partial charge in [0, 0.05) is 49.9 Å². The smallest absolute Gasteiger partial charge is 0.332 e. The van der Waals surface area contributed by atoms with Crippen LogP contribution in [0.2, 0.25) is 10.0 Å². The normalized spacial score (nSPS) is 15.2. The summed E-state index contributed by atoms with van der Waals surface area (Å²) in [7, 11) is 0. The highest BCUT2D eigenvalue weighted by Gasteiger charge is 2.38. The number of aromatic nitrogens is 1. The van der Waals surface area contributed by atoms with Crippen molar-refractivity contribution in [2.24, 2.45) is 11.8 Å². The zero-order valence-electron chi connectivity index (χ0n) is 28.0. The monoisotopic (exact) mass is 656 g/mol. The molecule has 1 fully saturated rings. The molecule has 1 amide bonds. The van der Waals surface area contributed by atoms with Crippen LogP contribution in [0.4, 0.5) is 10.5 Å². The van der Waals surface area contributed by atoms with E-state index < -0.39 is 5.54 Å². The number of ether oxygens (including phenoxy) is 1. The number of fused-ring (bicyclic) bond motifs is 1. The van der Waals surface area contributed by atoms with Gasteiger partial charge in [0.2, 0.25) is 0 Å². The molecule has 45 heavy (non-hydrogen) atoms. The molecule has 0 saturated carbocycles. The van der Waals surface area contributed by atoms with Crippen LogP contribution in [0, 0.1) is 11.8 Å². The van der Waals surface area contributed by atoms with Crippen molar-refractivity contribution in [3.63, 3.8) is 0 Å². The molecule has 0 spiro atoms. The van der Waals surface area contributed by atoms with Gasteiger partial charge in [0.25, 0.3) is 5.56 Å². The van der Waals surface area contributed by atoms with Crippen molar-refractivity contribution in [2.75, 3.05) is 44.2 Å². The summed E-state index contributed by atoms with van der Waals surface area (Å²) >= 11 is 12.6. The van der Waals surface area contributed by atoms with Gasteiger partial charge in [-0.2, -0.15) is 0 Å². The van der Waals surface area contributed by atoms with Gasteiger partial charge in [-0.25, -0.2) is 9.36 Å². The maximum absolute atomic E-state index is 14.3. The van der Waals surface area contributed by atoms with Crippen LogP contribution in [0.15, 0.2) is 53.3 Å². The van der Waals surface area contributed by atoms with Crippen LogP contribution >= 0.6 is 23.2 Å². The van der Waals surface area contributed by atoms with E-state index in [2.05, 4.69) is 58.3 Å². The van der Waals surface area contributed by atoms with Gasteiger partial charge in [0.15, 0.2) is 0 Å². The number of piperazine rings is 1. The van der Waals surface area contributed by atoms with E-state index in [9.17, 15) is 9.59 Å². The fourth-order valence-corrected chi connectivity index (χ4v) is 6.67. The van der Waals surface area contributed by atoms with Crippen molar-refractivity contribution in [2.45, 2.75) is 79.3 Å². The lowest BCUT2D eigenvalue weighted by Gasteiger charge is -2.46. The first kappa shape index (κ1) is 35.1. The van der Waals surface area contributed by atoms with E-state index in [1.807, 2.05) is 41.3 Å². The molecule has 0 bridgehead atoms. The number of carbonyl (C=O) groups excluding carboxylic acids is 1. The Labute approximate surface area is 279 Å². The number of rotatable bonds is 12. The minimum Gasteiger partial charge on any atom is -0.494 e. The zero-order chi connectivity index (χ0) is 32.9. The number of amides is 1. The number of pyridine rings is 1. The zero-order valence-corrected chi connectivity index (χ0v) is 29.5. The van der Waals surface area contributed by atoms with Crippen LogP contribution in [-0.2, 0) is 0 Å². The highest BCUT2D eigenvalue weighted by Crippen LogP contribution is 2.33. The van der Waals surface area contributed by atoms with Gasteiger partial charge in [-0.1, -0.05) is 57.0 Å². The Morgan fingerprint density at radius 1 is 0.956 bits per heavy atom. The van der Waals surface area contributed by atoms with E-state index in [4.69, 9.17) is 27.9 Å². The Morgan fingerprint density at radius 3 is 2.31 bits per heavy atom. The molecule has 2 aromatic carbocycles. The first-order valence-electron chi connectivity index (χ1n) is 16.3. The predicted octanol–water partition coefficient (Wildman–Crippen LogP) is 8.43. The van der Waals surface area contributed by atoms with E-state index in [0.717, 1.165) is 63.1 Å². The van der Waals surface area contributed by atoms with Crippen LogP contribution in [-0.4, -0.2) is 71.3 Å². The molecule has 0 N–H and O–H groups in total. The average molecular weight is 658 g/mol. The fraction of sp³-hybridized carbons (Fsp3) is 0.556. The quantitative estimate of drug-likeness (QED) is 0.183. The second-order valence-corrected chi connectivity index (χ2v) is 14.4. The number of hydrogen-bond acceptors (Lipinski definition) is 5. The van der Waals surface area contributed by atoms with Crippen molar-refractivity contribution in [1.82, 2.24) is 14.4 Å². The van der Waals surface area contributed by atoms with Gasteiger partial charge in [-0.05, 0) is 94.1 Å². The van der Waals surface area contributed by atoms with Crippen molar-refractivity contribution < 1.29 is 9.53 Å². The number of nitrogens with zero attached hydrogens (tertiary/aromatic N) is 4. The molecule has 3 aromatic rings. The lowest BCUT2D eigenvalue weighted by molar-refractivity contribution is 0.0656. The molecule has 1 aliphatic heterocycles. The summed E-state index contributed by atoms with van der Waals surface area (Å²) in [6, 6.07) is 14.4. The standard InChI is InChI=1S/C36H50Cl2N4O3/c1-25(2)23-27(5)42(36(6,7)26(3)4)35(44)41-32-24-29(15-13-28(32)14-16-33(41)43)45-22-9-8-17-39-18-20-40(21-19-39)31-12-10-11-30(37)34(31)38/h10-16,24-27H,8-9,17-23H2,1-7H3. The van der Waals surface area contributed by atoms with Gasteiger partial charge in [0.05, 0.1) is 27.9 Å². The van der Waals surface area contributed by atoms with E-state index in [-0.39, 0.29) is 23.6 Å². The van der Waals surface area contributed by atoms with Gasteiger partial charge in [-0.3, -0.25) is 9.69 Å². The van der Waals surface area contributed by atoms with Crippen molar-refractivity contribution in [3.05, 3.63) is 68.9 Å². The van der Waals surface area contributed by atoms with Gasteiger partial charge >= 0.3 is 6.03 Å². The second kappa shape index (κ2) is 15.2. The third kappa shape index (κ3) is 8.35. The van der Waals surface area contributed by atoms with Crippen LogP contribution in [0.1, 0.15) is 67.7 Å². The van der Waals surface area contributed by atoms with E-state index in [0.29, 0.717) is 33.8 Å². The topological polar surface area (TPSA) is 58.0 Å². The minimum atomic E-state index is -0.448.